The SMILES string of the molecule is CCCCCCCCCCCCSC(=S)SC(CC(C(=O)NCCSCC(C)C(=O)OCCOP(=O)(O)OCC[N+](C)(C)C)C(C(=O)NCCSCC(C)C(=O)OCCOP(=O)(O)OCC[N+](C)(C)C)C(C)(C)C(=O)NCCSCC(C)C(=O)OCCOP(=O)(O)OCC[N+](C)(C)C)c1ccccc1. The minimum absolute atomic E-state index is 0.0125. The first kappa shape index (κ1) is 100. The van der Waals surface area contributed by atoms with Crippen molar-refractivity contribution in [3.8, 4) is 0 Å². The molecule has 27 nitrogen and oxygen atoms in total. The number of thiocarbonyl (C=S) groups is 1. The van der Waals surface area contributed by atoms with Crippen LogP contribution in [0.2, 0.25) is 0 Å². The largest absolute Gasteiger partial charge is 0.472 e. The van der Waals surface area contributed by atoms with E-state index in [1.165, 1.54) is 92.0 Å². The van der Waals surface area contributed by atoms with Gasteiger partial charge in [0, 0.05) is 59.4 Å². The summed E-state index contributed by atoms with van der Waals surface area (Å²) in [5, 5.41) is 8.62. The third kappa shape index (κ3) is 50.8. The van der Waals surface area contributed by atoms with Gasteiger partial charge in [0.1, 0.15) is 62.8 Å². The van der Waals surface area contributed by atoms with Crippen LogP contribution in [0.1, 0.15) is 123 Å². The van der Waals surface area contributed by atoms with Crippen molar-refractivity contribution in [2.75, 3.05) is 202 Å². The van der Waals surface area contributed by atoms with E-state index in [2.05, 4.69) is 22.9 Å². The van der Waals surface area contributed by atoms with Crippen LogP contribution in [0.25, 0.3) is 0 Å². The second-order valence-electron chi connectivity index (χ2n) is 29.1. The van der Waals surface area contributed by atoms with Crippen molar-refractivity contribution in [2.45, 2.75) is 117 Å². The number of benzene rings is 1. The fraction of sp³-hybridized carbons (Fsp3) is 0.809. The molecule has 1 rings (SSSR count). The van der Waals surface area contributed by atoms with Gasteiger partial charge in [-0.2, -0.15) is 35.3 Å². The fourth-order valence-corrected chi connectivity index (χ4v) is 17.1. The lowest BCUT2D eigenvalue weighted by Crippen LogP contribution is -2.54. The molecule has 1 aromatic carbocycles. The van der Waals surface area contributed by atoms with E-state index in [4.69, 9.17) is 53.6 Å². The highest BCUT2D eigenvalue weighted by molar-refractivity contribution is 8.47. The molecule has 0 spiro atoms. The molecule has 0 aromatic heterocycles. The number of thioether (sulfide) groups is 5. The van der Waals surface area contributed by atoms with Crippen molar-refractivity contribution in [3.63, 3.8) is 0 Å². The summed E-state index contributed by atoms with van der Waals surface area (Å²) in [6.07, 6.45) is 12.0. The summed E-state index contributed by atoms with van der Waals surface area (Å²) in [5.41, 5.74) is -0.711. The quantitative estimate of drug-likeness (QED) is 0.00881. The van der Waals surface area contributed by atoms with Gasteiger partial charge in [-0.15, -0.1) is 11.8 Å². The van der Waals surface area contributed by atoms with Crippen LogP contribution < -0.4 is 16.0 Å². The first-order valence-corrected chi connectivity index (χ1v) is 46.1. The van der Waals surface area contributed by atoms with Gasteiger partial charge in [-0.05, 0) is 24.2 Å². The number of carbonyl (C=O) groups is 6. The lowest BCUT2D eigenvalue weighted by Gasteiger charge is -2.38. The molecule has 104 heavy (non-hydrogen) atoms. The maximum absolute atomic E-state index is 15.3. The van der Waals surface area contributed by atoms with Crippen molar-refractivity contribution < 1.29 is 112 Å². The maximum atomic E-state index is 15.3. The number of unbranched alkanes of at least 4 members (excludes halogenated alkanes) is 9. The van der Waals surface area contributed by atoms with E-state index in [1.807, 2.05) is 93.8 Å². The molecular formula is C68H128N6O21P3S6+3. The lowest BCUT2D eigenvalue weighted by molar-refractivity contribution is -0.870. The van der Waals surface area contributed by atoms with E-state index in [1.54, 1.807) is 46.4 Å². The molecular weight excluding hydrogens is 1520 g/mol. The molecule has 9 unspecified atom stereocenters. The zero-order valence-electron chi connectivity index (χ0n) is 64.5. The highest BCUT2D eigenvalue weighted by Gasteiger charge is 2.49. The van der Waals surface area contributed by atoms with Gasteiger partial charge >= 0.3 is 41.4 Å². The number of hydrogen-bond acceptors (Lipinski definition) is 24. The standard InChI is InChI=1S/C68H125N6O21P3S6/c1-16-17-18-19-20-21-22-23-24-28-46-103-67(99)104-59(57-29-26-25-27-30-57)50-58(61(75)69-31-47-100-51-54(2)63(77)87-40-43-93-96(81,82)90-37-34-72(7,8)9)60(62(76)70-32-48-101-52-55(3)64(78)88-41-44-94-97(83,84)91-38-35-73(10,11)12)68(5,6)66(80)71-33-49-102-53-56(4)65(79)89-42-45-95-98(85,86)92-39-36-74(13,14)15/h25-27,29-30,54-56,58-60H,16-24,28,31-53H2,1-15H3,(H3-3,69,70,71,75,76,80,81,82,83,84,85,86)/p+3. The Morgan fingerprint density at radius 2 is 0.837 bits per heavy atom. The van der Waals surface area contributed by atoms with Crippen molar-refractivity contribution in [1.82, 2.24) is 16.0 Å². The molecule has 1 aromatic rings. The van der Waals surface area contributed by atoms with E-state index in [0.717, 1.165) is 30.6 Å². The highest BCUT2D eigenvalue weighted by Crippen LogP contribution is 2.46. The summed E-state index contributed by atoms with van der Waals surface area (Å²) in [7, 11) is 4.06. The number of nitrogens with one attached hydrogen (secondary N) is 3. The second-order valence-corrected chi connectivity index (χ2v) is 40.4. The number of hydrogen-bond donors (Lipinski definition) is 6. The van der Waals surface area contributed by atoms with Crippen LogP contribution in [0.4, 0.5) is 0 Å². The van der Waals surface area contributed by atoms with Gasteiger partial charge in [0.25, 0.3) is 0 Å². The summed E-state index contributed by atoms with van der Waals surface area (Å²) in [4.78, 5) is 114. The molecule has 6 N–H and O–H groups in total. The minimum atomic E-state index is -4.37. The average molecular weight is 1650 g/mol. The number of amides is 3. The zero-order valence-corrected chi connectivity index (χ0v) is 72.1. The highest BCUT2D eigenvalue weighted by atomic mass is 32.2. The minimum Gasteiger partial charge on any atom is -0.463 e. The Balaban J connectivity index is 3.51. The van der Waals surface area contributed by atoms with Gasteiger partial charge in [0.2, 0.25) is 17.7 Å². The molecule has 0 aliphatic rings. The summed E-state index contributed by atoms with van der Waals surface area (Å²) in [5.74, 6) is -4.88. The zero-order chi connectivity index (χ0) is 78.5. The van der Waals surface area contributed by atoms with Crippen LogP contribution in [0.3, 0.4) is 0 Å². The van der Waals surface area contributed by atoms with E-state index in [-0.39, 0.29) is 91.3 Å². The Morgan fingerprint density at radius 1 is 0.490 bits per heavy atom. The Kier molecular flexibility index (Phi) is 51.9. The van der Waals surface area contributed by atoms with Crippen LogP contribution in [0.15, 0.2) is 30.3 Å². The molecule has 36 heteroatoms. The van der Waals surface area contributed by atoms with E-state index >= 15 is 9.59 Å². The third-order valence-corrected chi connectivity index (χ3v) is 25.4. The van der Waals surface area contributed by atoms with Gasteiger partial charge in [-0.1, -0.05) is 154 Å². The van der Waals surface area contributed by atoms with Gasteiger partial charge in [-0.3, -0.25) is 55.9 Å². The number of rotatable bonds is 62. The van der Waals surface area contributed by atoms with Crippen LogP contribution >= 0.6 is 94.5 Å². The summed E-state index contributed by atoms with van der Waals surface area (Å²) < 4.78 is 85.2. The van der Waals surface area contributed by atoms with Crippen LogP contribution in [0.5, 0.6) is 0 Å². The van der Waals surface area contributed by atoms with Gasteiger partial charge < -0.3 is 58.3 Å². The van der Waals surface area contributed by atoms with Crippen molar-refractivity contribution in [3.05, 3.63) is 35.9 Å². The number of phosphoric ester groups is 3. The first-order valence-electron chi connectivity index (χ1n) is 35.8. The molecule has 604 valence electrons. The molecule has 0 aliphatic heterocycles. The van der Waals surface area contributed by atoms with Crippen LogP contribution in [-0.2, 0) is 83.8 Å². The summed E-state index contributed by atoms with van der Waals surface area (Å²) in [6.45, 7) is 10.2. The predicted octanol–water partition coefficient (Wildman–Crippen LogP) is 10.7. The molecule has 0 fully saturated rings. The average Bonchev–Trinajstić information content (AvgIpc) is 0.783. The monoisotopic (exact) mass is 1650 g/mol. The molecule has 3 amide bonds. The Hall–Kier alpha value is -1.91. The number of phosphoric acid groups is 3. The van der Waals surface area contributed by atoms with Gasteiger partial charge in [0.15, 0.2) is 0 Å². The molecule has 9 atom stereocenters. The van der Waals surface area contributed by atoms with E-state index in [0.29, 0.717) is 65.4 Å². The first-order chi connectivity index (χ1) is 48.6. The predicted molar refractivity (Wildman–Crippen MR) is 424 cm³/mol. The number of ether oxygens (including phenoxy) is 3. The van der Waals surface area contributed by atoms with Crippen LogP contribution in [-0.4, -0.2) is 270 Å². The Morgan fingerprint density at radius 3 is 1.21 bits per heavy atom. The van der Waals surface area contributed by atoms with Gasteiger partial charge in [0.05, 0.1) is 118 Å². The lowest BCUT2D eigenvalue weighted by atomic mass is 9.68. The van der Waals surface area contributed by atoms with Crippen molar-refractivity contribution in [2.24, 2.45) is 35.0 Å². The second kappa shape index (κ2) is 53.9. The fourth-order valence-electron chi connectivity index (χ4n) is 9.49. The molecule has 0 radical (unpaired) electrons. The number of nitrogens with zero attached hydrogens (tertiary/aromatic N) is 3. The number of esters is 3. The normalized spacial score (nSPS) is 15.8. The maximum Gasteiger partial charge on any atom is 0.472 e. The number of quaternary nitrogens is 3. The summed E-state index contributed by atoms with van der Waals surface area (Å²) >= 11 is 13.2. The molecule has 0 aliphatic carbocycles. The number of likely N-dealkylation sites (N-methyl/N-ethyl adjacent to an activating group) is 3. The van der Waals surface area contributed by atoms with E-state index < -0.39 is 99.4 Å². The molecule has 0 heterocycles. The molecule has 0 bridgehead atoms. The van der Waals surface area contributed by atoms with Gasteiger partial charge in [-0.25, -0.2) is 13.7 Å². The van der Waals surface area contributed by atoms with E-state index in [9.17, 15) is 47.6 Å². The Bertz CT molecular complexity index is 2790. The third-order valence-electron chi connectivity index (χ3n) is 15.7. The summed E-state index contributed by atoms with van der Waals surface area (Å²) in [6, 6.07) is 9.58. The van der Waals surface area contributed by atoms with Crippen molar-refractivity contribution in [1.29, 1.82) is 0 Å². The van der Waals surface area contributed by atoms with Crippen LogP contribution in [0, 0.1) is 35.0 Å². The molecule has 0 saturated carbocycles. The number of carbonyl (C=O) groups excluding carboxylic acids is 6. The Labute approximate surface area is 648 Å². The van der Waals surface area contributed by atoms with Crippen molar-refractivity contribution >= 4 is 134 Å². The smallest absolute Gasteiger partial charge is 0.463 e. The molecule has 0 saturated heterocycles. The topological polar surface area (TPSA) is 333 Å².